The molecule has 7 heteroatoms. The van der Waals surface area contributed by atoms with Crippen molar-refractivity contribution in [1.82, 2.24) is 5.43 Å². The first-order valence-corrected chi connectivity index (χ1v) is 7.81. The number of para-hydroxylation sites is 1. The molecule has 0 saturated carbocycles. The van der Waals surface area contributed by atoms with Gasteiger partial charge in [0.1, 0.15) is 5.75 Å². The summed E-state index contributed by atoms with van der Waals surface area (Å²) in [4.78, 5) is 25.5. The number of carbonyl (C=O) groups excluding carboxylic acids is 2. The highest BCUT2D eigenvalue weighted by atomic mass is 32.2. The first-order chi connectivity index (χ1) is 11.1. The Morgan fingerprint density at radius 1 is 1.13 bits per heavy atom. The summed E-state index contributed by atoms with van der Waals surface area (Å²) in [5.41, 5.74) is 3.51. The summed E-state index contributed by atoms with van der Waals surface area (Å²) in [7, 11) is 0. The topological polar surface area (TPSA) is 82.0 Å². The SMILES string of the molecule is O=C(N/N=C1/SCC(=O)N1c1ccccc1)c1ccc(O)cc1. The standard InChI is InChI=1S/C16H13N3O3S/c20-13-8-6-11(7-9-13)15(22)17-18-16-19(14(21)10-23-16)12-4-2-1-3-5-12/h1-9,20H,10H2,(H,17,22)/b18-16+. The lowest BCUT2D eigenvalue weighted by Crippen LogP contribution is -2.31. The van der Waals surface area contributed by atoms with Crippen molar-refractivity contribution in [2.24, 2.45) is 5.10 Å². The smallest absolute Gasteiger partial charge is 0.271 e. The number of thioether (sulfide) groups is 1. The Hall–Kier alpha value is -2.80. The molecule has 0 aromatic heterocycles. The minimum absolute atomic E-state index is 0.0834. The number of amides is 2. The fourth-order valence-corrected chi connectivity index (χ4v) is 2.88. The number of hydrazone groups is 1. The second kappa shape index (κ2) is 6.53. The van der Waals surface area contributed by atoms with E-state index in [4.69, 9.17) is 0 Å². The number of nitrogens with one attached hydrogen (secondary N) is 1. The molecule has 1 saturated heterocycles. The van der Waals surface area contributed by atoms with Gasteiger partial charge in [-0.3, -0.25) is 14.5 Å². The van der Waals surface area contributed by atoms with Gasteiger partial charge in [0.05, 0.1) is 11.4 Å². The van der Waals surface area contributed by atoms with Crippen molar-refractivity contribution in [1.29, 1.82) is 0 Å². The maximum atomic E-state index is 12.0. The van der Waals surface area contributed by atoms with Gasteiger partial charge in [0.25, 0.3) is 5.91 Å². The van der Waals surface area contributed by atoms with Crippen molar-refractivity contribution >= 4 is 34.4 Å². The van der Waals surface area contributed by atoms with Crippen molar-refractivity contribution in [2.45, 2.75) is 0 Å². The molecular formula is C16H13N3O3S. The number of phenols is 1. The summed E-state index contributed by atoms with van der Waals surface area (Å²) in [6, 6.07) is 15.0. The second-order valence-corrected chi connectivity index (χ2v) is 5.68. The Labute approximate surface area is 136 Å². The first-order valence-electron chi connectivity index (χ1n) is 6.83. The monoisotopic (exact) mass is 327 g/mol. The van der Waals surface area contributed by atoms with Gasteiger partial charge in [0, 0.05) is 5.56 Å². The molecule has 3 rings (SSSR count). The van der Waals surface area contributed by atoms with Crippen LogP contribution in [0.2, 0.25) is 0 Å². The van der Waals surface area contributed by atoms with E-state index in [0.717, 1.165) is 0 Å². The fraction of sp³-hybridized carbons (Fsp3) is 0.0625. The average Bonchev–Trinajstić information content (AvgIpc) is 2.95. The maximum Gasteiger partial charge on any atom is 0.271 e. The molecule has 0 atom stereocenters. The number of nitrogens with zero attached hydrogens (tertiary/aromatic N) is 2. The summed E-state index contributed by atoms with van der Waals surface area (Å²) in [5.74, 6) is -0.132. The number of anilines is 1. The quantitative estimate of drug-likeness (QED) is 0.847. The summed E-state index contributed by atoms with van der Waals surface area (Å²) >= 11 is 1.26. The van der Waals surface area contributed by atoms with Crippen LogP contribution in [0.3, 0.4) is 0 Å². The molecule has 1 fully saturated rings. The largest absolute Gasteiger partial charge is 0.508 e. The van der Waals surface area contributed by atoms with E-state index in [1.54, 1.807) is 12.1 Å². The Morgan fingerprint density at radius 2 is 1.83 bits per heavy atom. The fourth-order valence-electron chi connectivity index (χ4n) is 2.05. The average molecular weight is 327 g/mol. The lowest BCUT2D eigenvalue weighted by Gasteiger charge is -2.15. The molecule has 2 N–H and O–H groups in total. The number of benzene rings is 2. The van der Waals surface area contributed by atoms with E-state index in [-0.39, 0.29) is 17.4 Å². The maximum absolute atomic E-state index is 12.0. The van der Waals surface area contributed by atoms with Crippen LogP contribution >= 0.6 is 11.8 Å². The van der Waals surface area contributed by atoms with Crippen molar-refractivity contribution in [3.63, 3.8) is 0 Å². The van der Waals surface area contributed by atoms with Crippen LogP contribution in [0.25, 0.3) is 0 Å². The molecule has 2 aromatic rings. The zero-order valence-corrected chi connectivity index (χ0v) is 12.8. The third-order valence-electron chi connectivity index (χ3n) is 3.16. The number of phenolic OH excluding ortho intramolecular Hbond substituents is 1. The van der Waals surface area contributed by atoms with E-state index in [0.29, 0.717) is 16.4 Å². The minimum Gasteiger partial charge on any atom is -0.508 e. The van der Waals surface area contributed by atoms with Crippen molar-refractivity contribution in [2.75, 3.05) is 10.7 Å². The van der Waals surface area contributed by atoms with Crippen LogP contribution in [0.15, 0.2) is 59.7 Å². The third kappa shape index (κ3) is 3.35. The molecule has 2 amide bonds. The normalized spacial score (nSPS) is 15.9. The number of hydrogen-bond acceptors (Lipinski definition) is 5. The molecule has 23 heavy (non-hydrogen) atoms. The zero-order chi connectivity index (χ0) is 16.2. The Bertz CT molecular complexity index is 760. The molecule has 6 nitrogen and oxygen atoms in total. The first kappa shape index (κ1) is 15.1. The van der Waals surface area contributed by atoms with Gasteiger partial charge in [-0.25, -0.2) is 5.43 Å². The van der Waals surface area contributed by atoms with Crippen molar-refractivity contribution in [3.05, 3.63) is 60.2 Å². The molecule has 116 valence electrons. The van der Waals surface area contributed by atoms with Gasteiger partial charge in [-0.05, 0) is 36.4 Å². The summed E-state index contributed by atoms with van der Waals surface area (Å²) in [5, 5.41) is 13.7. The highest BCUT2D eigenvalue weighted by Gasteiger charge is 2.29. The Morgan fingerprint density at radius 3 is 2.52 bits per heavy atom. The molecule has 0 aliphatic carbocycles. The Kier molecular flexibility index (Phi) is 4.29. The third-order valence-corrected chi connectivity index (χ3v) is 4.09. The van der Waals surface area contributed by atoms with E-state index in [9.17, 15) is 14.7 Å². The van der Waals surface area contributed by atoms with Crippen molar-refractivity contribution < 1.29 is 14.7 Å². The molecule has 0 unspecified atom stereocenters. The molecule has 2 aromatic carbocycles. The van der Waals surface area contributed by atoms with Crippen LogP contribution in [-0.4, -0.2) is 27.8 Å². The molecule has 1 aliphatic rings. The van der Waals surface area contributed by atoms with Gasteiger partial charge in [-0.1, -0.05) is 30.0 Å². The summed E-state index contributed by atoms with van der Waals surface area (Å²) in [6.07, 6.45) is 0. The van der Waals surface area contributed by atoms with Gasteiger partial charge >= 0.3 is 0 Å². The van der Waals surface area contributed by atoms with Crippen molar-refractivity contribution in [3.8, 4) is 5.75 Å². The van der Waals surface area contributed by atoms with E-state index >= 15 is 0 Å². The van der Waals surface area contributed by atoms with Crippen LogP contribution in [0, 0.1) is 0 Å². The minimum atomic E-state index is -0.412. The van der Waals surface area contributed by atoms with E-state index in [1.165, 1.54) is 40.9 Å². The molecule has 1 aliphatic heterocycles. The lowest BCUT2D eigenvalue weighted by atomic mass is 10.2. The highest BCUT2D eigenvalue weighted by molar-refractivity contribution is 8.15. The van der Waals surface area contributed by atoms with Crippen LogP contribution < -0.4 is 10.3 Å². The van der Waals surface area contributed by atoms with E-state index in [2.05, 4.69) is 10.5 Å². The molecule has 0 bridgehead atoms. The van der Waals surface area contributed by atoms with Gasteiger partial charge in [0.2, 0.25) is 5.91 Å². The Balaban J connectivity index is 1.77. The lowest BCUT2D eigenvalue weighted by molar-refractivity contribution is -0.115. The second-order valence-electron chi connectivity index (χ2n) is 4.74. The van der Waals surface area contributed by atoms with Crippen LogP contribution in [0.5, 0.6) is 5.75 Å². The zero-order valence-electron chi connectivity index (χ0n) is 12.0. The summed E-state index contributed by atoms with van der Waals surface area (Å²) < 4.78 is 0. The van der Waals surface area contributed by atoms with Gasteiger partial charge in [-0.2, -0.15) is 0 Å². The number of rotatable bonds is 3. The number of aromatic hydroxyl groups is 1. The molecule has 0 spiro atoms. The van der Waals surface area contributed by atoms with E-state index in [1.807, 2.05) is 18.2 Å². The number of hydrogen-bond donors (Lipinski definition) is 2. The summed E-state index contributed by atoms with van der Waals surface area (Å²) in [6.45, 7) is 0. The number of amidine groups is 1. The van der Waals surface area contributed by atoms with Gasteiger partial charge in [0.15, 0.2) is 5.17 Å². The van der Waals surface area contributed by atoms with Gasteiger partial charge < -0.3 is 5.11 Å². The molecule has 0 radical (unpaired) electrons. The van der Waals surface area contributed by atoms with E-state index < -0.39 is 5.91 Å². The predicted octanol–water partition coefficient (Wildman–Crippen LogP) is 2.17. The van der Waals surface area contributed by atoms with Crippen LogP contribution in [0.1, 0.15) is 10.4 Å². The molecular weight excluding hydrogens is 314 g/mol. The molecule has 1 heterocycles. The van der Waals surface area contributed by atoms with Crippen LogP contribution in [-0.2, 0) is 4.79 Å². The van der Waals surface area contributed by atoms with Gasteiger partial charge in [-0.15, -0.1) is 5.10 Å². The highest BCUT2D eigenvalue weighted by Crippen LogP contribution is 2.26. The predicted molar refractivity (Wildman–Crippen MR) is 89.4 cm³/mol. The number of carbonyl (C=O) groups is 2. The van der Waals surface area contributed by atoms with Crippen LogP contribution in [0.4, 0.5) is 5.69 Å².